The van der Waals surface area contributed by atoms with Crippen molar-refractivity contribution >= 4 is 11.2 Å². The van der Waals surface area contributed by atoms with E-state index in [-0.39, 0.29) is 17.3 Å². The van der Waals surface area contributed by atoms with Gasteiger partial charge >= 0.3 is 5.69 Å². The molecular formula is C14H23N5O2. The standard InChI is InChI=1S/C14H23N5O2/c1-5-10-16-12-11(19(10)9(4)8-15)13(20)18(7-3)14(21)17(12)6-2/h9H,5-8,15H2,1-4H3. The Kier molecular flexibility index (Phi) is 4.32. The quantitative estimate of drug-likeness (QED) is 0.868. The van der Waals surface area contributed by atoms with Crippen LogP contribution in [0.2, 0.25) is 0 Å². The zero-order valence-corrected chi connectivity index (χ0v) is 13.1. The molecule has 116 valence electrons. The summed E-state index contributed by atoms with van der Waals surface area (Å²) in [7, 11) is 0. The summed E-state index contributed by atoms with van der Waals surface area (Å²) >= 11 is 0. The van der Waals surface area contributed by atoms with Crippen LogP contribution < -0.4 is 17.0 Å². The molecule has 2 aromatic rings. The number of imidazole rings is 1. The van der Waals surface area contributed by atoms with Gasteiger partial charge in [0.15, 0.2) is 11.2 Å². The van der Waals surface area contributed by atoms with Crippen molar-refractivity contribution in [3.8, 4) is 0 Å². The second-order valence-electron chi connectivity index (χ2n) is 5.08. The van der Waals surface area contributed by atoms with Gasteiger partial charge in [-0.05, 0) is 20.8 Å². The van der Waals surface area contributed by atoms with E-state index >= 15 is 0 Å². The zero-order chi connectivity index (χ0) is 15.7. The van der Waals surface area contributed by atoms with E-state index in [1.54, 1.807) is 11.5 Å². The summed E-state index contributed by atoms with van der Waals surface area (Å²) in [6.07, 6.45) is 0.683. The van der Waals surface area contributed by atoms with Crippen LogP contribution in [-0.4, -0.2) is 25.2 Å². The number of hydrogen-bond donors (Lipinski definition) is 1. The number of aromatic nitrogens is 4. The fourth-order valence-electron chi connectivity index (χ4n) is 2.70. The van der Waals surface area contributed by atoms with Gasteiger partial charge in [-0.1, -0.05) is 6.92 Å². The Morgan fingerprint density at radius 2 is 1.76 bits per heavy atom. The minimum absolute atomic E-state index is 0.0363. The largest absolute Gasteiger partial charge is 0.332 e. The van der Waals surface area contributed by atoms with Gasteiger partial charge in [-0.15, -0.1) is 0 Å². The van der Waals surface area contributed by atoms with E-state index in [0.29, 0.717) is 37.2 Å². The first-order chi connectivity index (χ1) is 10.0. The van der Waals surface area contributed by atoms with Gasteiger partial charge in [-0.3, -0.25) is 13.9 Å². The lowest BCUT2D eigenvalue weighted by molar-refractivity contribution is 0.543. The lowest BCUT2D eigenvalue weighted by atomic mass is 10.3. The van der Waals surface area contributed by atoms with Gasteiger partial charge in [0.05, 0.1) is 0 Å². The highest BCUT2D eigenvalue weighted by atomic mass is 16.2. The Hall–Kier alpha value is -1.89. The summed E-state index contributed by atoms with van der Waals surface area (Å²) in [5.74, 6) is 0.788. The molecule has 0 radical (unpaired) electrons. The molecule has 2 N–H and O–H groups in total. The Morgan fingerprint density at radius 1 is 1.14 bits per heavy atom. The third kappa shape index (κ3) is 2.21. The maximum Gasteiger partial charge on any atom is 0.332 e. The second kappa shape index (κ2) is 5.85. The molecule has 1 unspecified atom stereocenters. The SMILES string of the molecule is CCc1nc2c(c(=O)n(CC)c(=O)n2CC)n1C(C)CN. The molecule has 0 saturated heterocycles. The van der Waals surface area contributed by atoms with Gasteiger partial charge in [0, 0.05) is 32.1 Å². The predicted molar refractivity (Wildman–Crippen MR) is 82.7 cm³/mol. The van der Waals surface area contributed by atoms with Crippen molar-refractivity contribution in [3.05, 3.63) is 26.7 Å². The van der Waals surface area contributed by atoms with Gasteiger partial charge in [-0.25, -0.2) is 9.78 Å². The van der Waals surface area contributed by atoms with Crippen molar-refractivity contribution in [3.63, 3.8) is 0 Å². The normalized spacial score (nSPS) is 13.0. The van der Waals surface area contributed by atoms with Gasteiger partial charge in [0.2, 0.25) is 0 Å². The molecule has 0 fully saturated rings. The van der Waals surface area contributed by atoms with Crippen LogP contribution in [0.3, 0.4) is 0 Å². The molecule has 0 aliphatic carbocycles. The number of hydrogen-bond acceptors (Lipinski definition) is 4. The Bertz CT molecular complexity index is 768. The number of rotatable bonds is 5. The molecule has 21 heavy (non-hydrogen) atoms. The minimum Gasteiger partial charge on any atom is -0.328 e. The molecule has 0 amide bonds. The van der Waals surface area contributed by atoms with E-state index in [0.717, 1.165) is 5.82 Å². The van der Waals surface area contributed by atoms with Crippen LogP contribution in [0.15, 0.2) is 9.59 Å². The number of nitrogens with two attached hydrogens (primary N) is 1. The van der Waals surface area contributed by atoms with Crippen LogP contribution in [0.4, 0.5) is 0 Å². The van der Waals surface area contributed by atoms with Crippen LogP contribution in [0.1, 0.15) is 39.6 Å². The van der Waals surface area contributed by atoms with E-state index in [9.17, 15) is 9.59 Å². The lowest BCUT2D eigenvalue weighted by Crippen LogP contribution is -2.40. The molecule has 0 spiro atoms. The van der Waals surface area contributed by atoms with Gasteiger partial charge in [0.1, 0.15) is 5.82 Å². The lowest BCUT2D eigenvalue weighted by Gasteiger charge is -2.15. The van der Waals surface area contributed by atoms with Crippen LogP contribution in [0.5, 0.6) is 0 Å². The molecule has 0 bridgehead atoms. The first-order valence-corrected chi connectivity index (χ1v) is 7.46. The molecule has 1 atom stereocenters. The molecule has 2 rings (SSSR count). The number of nitrogens with zero attached hydrogens (tertiary/aromatic N) is 4. The minimum atomic E-state index is -0.301. The average Bonchev–Trinajstić information content (AvgIpc) is 2.87. The molecule has 0 aliphatic rings. The summed E-state index contributed by atoms with van der Waals surface area (Å²) in [5, 5.41) is 0. The maximum atomic E-state index is 12.7. The number of aryl methyl sites for hydroxylation is 2. The Morgan fingerprint density at radius 3 is 2.24 bits per heavy atom. The van der Waals surface area contributed by atoms with Crippen LogP contribution in [0.25, 0.3) is 11.2 Å². The Labute approximate surface area is 123 Å². The van der Waals surface area contributed by atoms with E-state index in [1.165, 1.54) is 4.57 Å². The molecule has 2 heterocycles. The van der Waals surface area contributed by atoms with Gasteiger partial charge < -0.3 is 10.3 Å². The zero-order valence-electron chi connectivity index (χ0n) is 13.1. The van der Waals surface area contributed by atoms with Gasteiger partial charge in [-0.2, -0.15) is 0 Å². The Balaban J connectivity index is 3.04. The second-order valence-corrected chi connectivity index (χ2v) is 5.08. The third-order valence-corrected chi connectivity index (χ3v) is 3.86. The monoisotopic (exact) mass is 293 g/mol. The predicted octanol–water partition coefficient (Wildman–Crippen LogP) is 0.482. The molecule has 2 aromatic heterocycles. The van der Waals surface area contributed by atoms with E-state index in [2.05, 4.69) is 4.98 Å². The van der Waals surface area contributed by atoms with E-state index in [4.69, 9.17) is 5.73 Å². The van der Waals surface area contributed by atoms with Crippen molar-refractivity contribution < 1.29 is 0 Å². The molecule has 0 aromatic carbocycles. The molecule has 7 nitrogen and oxygen atoms in total. The number of fused-ring (bicyclic) bond motifs is 1. The van der Waals surface area contributed by atoms with E-state index in [1.807, 2.05) is 25.3 Å². The summed E-state index contributed by atoms with van der Waals surface area (Å²) in [6, 6.07) is -0.0363. The van der Waals surface area contributed by atoms with Gasteiger partial charge in [0.25, 0.3) is 5.56 Å². The summed E-state index contributed by atoms with van der Waals surface area (Å²) in [6.45, 7) is 8.84. The summed E-state index contributed by atoms with van der Waals surface area (Å²) in [4.78, 5) is 29.6. The fourth-order valence-corrected chi connectivity index (χ4v) is 2.70. The smallest absolute Gasteiger partial charge is 0.328 e. The van der Waals surface area contributed by atoms with Crippen molar-refractivity contribution in [2.45, 2.75) is 53.2 Å². The maximum absolute atomic E-state index is 12.7. The highest BCUT2D eigenvalue weighted by Crippen LogP contribution is 2.17. The van der Waals surface area contributed by atoms with Crippen molar-refractivity contribution in [1.82, 2.24) is 18.7 Å². The van der Waals surface area contributed by atoms with Crippen LogP contribution in [-0.2, 0) is 19.5 Å². The topological polar surface area (TPSA) is 87.8 Å². The average molecular weight is 293 g/mol. The first kappa shape index (κ1) is 15.5. The summed E-state index contributed by atoms with van der Waals surface area (Å²) in [5.41, 5.74) is 6.14. The molecular weight excluding hydrogens is 270 g/mol. The highest BCUT2D eigenvalue weighted by Gasteiger charge is 2.21. The highest BCUT2D eigenvalue weighted by molar-refractivity contribution is 5.71. The molecule has 0 saturated carbocycles. The first-order valence-electron chi connectivity index (χ1n) is 7.46. The molecule has 0 aliphatic heterocycles. The van der Waals surface area contributed by atoms with Crippen molar-refractivity contribution in [2.75, 3.05) is 6.54 Å². The third-order valence-electron chi connectivity index (χ3n) is 3.86. The van der Waals surface area contributed by atoms with Crippen molar-refractivity contribution in [1.29, 1.82) is 0 Å². The van der Waals surface area contributed by atoms with Crippen molar-refractivity contribution in [2.24, 2.45) is 5.73 Å². The fraction of sp³-hybridized carbons (Fsp3) is 0.643. The summed E-state index contributed by atoms with van der Waals surface area (Å²) < 4.78 is 4.70. The van der Waals surface area contributed by atoms with Crippen LogP contribution >= 0.6 is 0 Å². The molecule has 7 heteroatoms. The van der Waals surface area contributed by atoms with E-state index < -0.39 is 0 Å². The van der Waals surface area contributed by atoms with Crippen LogP contribution in [0, 0.1) is 0 Å².